The van der Waals surface area contributed by atoms with Crippen LogP contribution in [-0.4, -0.2) is 22.2 Å². The van der Waals surface area contributed by atoms with E-state index in [-0.39, 0.29) is 0 Å². The van der Waals surface area contributed by atoms with Crippen LogP contribution in [0.1, 0.15) is 28.0 Å². The predicted molar refractivity (Wildman–Crippen MR) is 77.4 cm³/mol. The number of carbonyl (C=O) groups is 1. The van der Waals surface area contributed by atoms with Crippen LogP contribution in [0.4, 0.5) is 0 Å². The van der Waals surface area contributed by atoms with Crippen molar-refractivity contribution in [1.29, 1.82) is 0 Å². The molecule has 0 fully saturated rings. The van der Waals surface area contributed by atoms with E-state index in [1.165, 1.54) is 5.56 Å². The number of hydrogen-bond acceptors (Lipinski definition) is 2. The van der Waals surface area contributed by atoms with Crippen LogP contribution >= 0.6 is 0 Å². The maximum absolute atomic E-state index is 10.9. The van der Waals surface area contributed by atoms with Gasteiger partial charge in [-0.1, -0.05) is 17.7 Å². The zero-order valence-corrected chi connectivity index (χ0v) is 11.8. The number of nitrogens with zero attached hydrogens (tertiary/aromatic N) is 1. The molecule has 0 spiro atoms. The lowest BCUT2D eigenvalue weighted by molar-refractivity contribution is 0.0696. The number of rotatable bonds is 6. The summed E-state index contributed by atoms with van der Waals surface area (Å²) >= 11 is 0. The van der Waals surface area contributed by atoms with Gasteiger partial charge in [0.15, 0.2) is 0 Å². The number of ether oxygens (including phenoxy) is 1. The van der Waals surface area contributed by atoms with Gasteiger partial charge in [0.1, 0.15) is 5.75 Å². The lowest BCUT2D eigenvalue weighted by Gasteiger charge is -2.09. The van der Waals surface area contributed by atoms with Crippen LogP contribution in [-0.2, 0) is 6.54 Å². The van der Waals surface area contributed by atoms with E-state index in [9.17, 15) is 4.79 Å². The first-order valence-corrected chi connectivity index (χ1v) is 6.66. The fraction of sp³-hybridized carbons (Fsp3) is 0.312. The molecule has 20 heavy (non-hydrogen) atoms. The van der Waals surface area contributed by atoms with Crippen LogP contribution in [0.15, 0.2) is 36.5 Å². The Kier molecular flexibility index (Phi) is 4.45. The summed E-state index contributed by atoms with van der Waals surface area (Å²) in [7, 11) is 0. The van der Waals surface area contributed by atoms with Gasteiger partial charge >= 0.3 is 5.97 Å². The lowest BCUT2D eigenvalue weighted by atomic mass is 10.2. The van der Waals surface area contributed by atoms with Gasteiger partial charge in [-0.05, 0) is 38.5 Å². The molecule has 1 heterocycles. The van der Waals surface area contributed by atoms with Gasteiger partial charge in [0.05, 0.1) is 12.2 Å². The molecule has 1 aromatic carbocycles. The Morgan fingerprint density at radius 2 is 1.90 bits per heavy atom. The monoisotopic (exact) mass is 273 g/mol. The molecule has 0 amide bonds. The molecule has 0 saturated carbocycles. The first-order chi connectivity index (χ1) is 9.58. The highest BCUT2D eigenvalue weighted by Crippen LogP contribution is 2.13. The molecular weight excluding hydrogens is 254 g/mol. The van der Waals surface area contributed by atoms with Crippen molar-refractivity contribution in [3.05, 3.63) is 53.3 Å². The predicted octanol–water partition coefficient (Wildman–Crippen LogP) is 3.27. The van der Waals surface area contributed by atoms with Crippen LogP contribution in [0.25, 0.3) is 0 Å². The average Bonchev–Trinajstić information content (AvgIpc) is 2.78. The molecular formula is C16H19NO3. The summed E-state index contributed by atoms with van der Waals surface area (Å²) in [6.45, 7) is 5.23. The summed E-state index contributed by atoms with van der Waals surface area (Å²) in [5, 5.41) is 8.98. The van der Waals surface area contributed by atoms with E-state index in [1.807, 2.05) is 48.9 Å². The molecule has 4 heteroatoms. The first-order valence-electron chi connectivity index (χ1n) is 6.66. The topological polar surface area (TPSA) is 51.5 Å². The van der Waals surface area contributed by atoms with Crippen molar-refractivity contribution in [2.24, 2.45) is 0 Å². The molecule has 1 N–H and O–H groups in total. The van der Waals surface area contributed by atoms with Crippen molar-refractivity contribution in [2.45, 2.75) is 26.8 Å². The Hall–Kier alpha value is -2.23. The van der Waals surface area contributed by atoms with Crippen molar-refractivity contribution >= 4 is 5.97 Å². The fourth-order valence-electron chi connectivity index (χ4n) is 2.08. The van der Waals surface area contributed by atoms with Crippen LogP contribution in [0.5, 0.6) is 5.75 Å². The third-order valence-corrected chi connectivity index (χ3v) is 3.31. The number of carboxylic acid groups (broad SMARTS) is 1. The summed E-state index contributed by atoms with van der Waals surface area (Å²) < 4.78 is 7.59. The fourth-order valence-corrected chi connectivity index (χ4v) is 2.08. The smallest absolute Gasteiger partial charge is 0.337 e. The molecule has 106 valence electrons. The van der Waals surface area contributed by atoms with E-state index in [0.29, 0.717) is 12.2 Å². The molecule has 0 unspecified atom stereocenters. The summed E-state index contributed by atoms with van der Waals surface area (Å²) in [5.74, 6) is -0.0109. The van der Waals surface area contributed by atoms with Gasteiger partial charge in [-0.25, -0.2) is 4.79 Å². The minimum absolute atomic E-state index is 0.365. The van der Waals surface area contributed by atoms with Crippen LogP contribution in [0.2, 0.25) is 0 Å². The maximum Gasteiger partial charge on any atom is 0.337 e. The summed E-state index contributed by atoms with van der Waals surface area (Å²) in [4.78, 5) is 10.9. The highest BCUT2D eigenvalue weighted by Gasteiger charge is 2.10. The van der Waals surface area contributed by atoms with Crippen LogP contribution in [0, 0.1) is 13.8 Å². The minimum Gasteiger partial charge on any atom is -0.494 e. The third kappa shape index (κ3) is 3.41. The Balaban J connectivity index is 1.81. The maximum atomic E-state index is 10.9. The first kappa shape index (κ1) is 14.2. The second-order valence-electron chi connectivity index (χ2n) is 4.83. The second-order valence-corrected chi connectivity index (χ2v) is 4.83. The zero-order valence-electron chi connectivity index (χ0n) is 11.8. The Morgan fingerprint density at radius 3 is 2.50 bits per heavy atom. The highest BCUT2D eigenvalue weighted by molar-refractivity contribution is 5.88. The van der Waals surface area contributed by atoms with Crippen LogP contribution < -0.4 is 4.74 Å². The number of aromatic carboxylic acids is 1. The average molecular weight is 273 g/mol. The molecule has 0 aliphatic rings. The second kappa shape index (κ2) is 6.28. The van der Waals surface area contributed by atoms with E-state index in [1.54, 1.807) is 6.07 Å². The third-order valence-electron chi connectivity index (χ3n) is 3.31. The summed E-state index contributed by atoms with van der Waals surface area (Å²) in [6, 6.07) is 9.59. The number of aromatic nitrogens is 1. The Bertz CT molecular complexity index is 584. The number of carboxylic acids is 1. The summed E-state index contributed by atoms with van der Waals surface area (Å²) in [6.07, 6.45) is 2.65. The Morgan fingerprint density at radius 1 is 1.20 bits per heavy atom. The SMILES string of the molecule is Cc1ccc(OCCCn2ccc(C(=O)O)c2C)cc1. The van der Waals surface area contributed by atoms with E-state index in [0.717, 1.165) is 24.4 Å². The van der Waals surface area contributed by atoms with Gasteiger partial charge in [-0.3, -0.25) is 0 Å². The molecule has 1 aromatic heterocycles. The number of benzene rings is 1. The normalized spacial score (nSPS) is 10.5. The van der Waals surface area contributed by atoms with E-state index < -0.39 is 5.97 Å². The molecule has 2 rings (SSSR count). The van der Waals surface area contributed by atoms with Gasteiger partial charge < -0.3 is 14.4 Å². The van der Waals surface area contributed by atoms with Crippen molar-refractivity contribution in [1.82, 2.24) is 4.57 Å². The van der Waals surface area contributed by atoms with E-state index in [2.05, 4.69) is 0 Å². The highest BCUT2D eigenvalue weighted by atomic mass is 16.5. The van der Waals surface area contributed by atoms with Gasteiger partial charge in [0.2, 0.25) is 0 Å². The molecule has 0 radical (unpaired) electrons. The van der Waals surface area contributed by atoms with Crippen molar-refractivity contribution < 1.29 is 14.6 Å². The van der Waals surface area contributed by atoms with Crippen molar-refractivity contribution in [2.75, 3.05) is 6.61 Å². The van der Waals surface area contributed by atoms with E-state index in [4.69, 9.17) is 9.84 Å². The van der Waals surface area contributed by atoms with Crippen molar-refractivity contribution in [3.8, 4) is 5.75 Å². The van der Waals surface area contributed by atoms with Gasteiger partial charge in [-0.2, -0.15) is 0 Å². The van der Waals surface area contributed by atoms with E-state index >= 15 is 0 Å². The standard InChI is InChI=1S/C16H19NO3/c1-12-4-6-14(7-5-12)20-11-3-9-17-10-8-15(13(17)2)16(18)19/h4-8,10H,3,9,11H2,1-2H3,(H,18,19). The molecule has 0 aliphatic carbocycles. The molecule has 0 saturated heterocycles. The quantitative estimate of drug-likeness (QED) is 0.822. The van der Waals surface area contributed by atoms with Gasteiger partial charge in [0.25, 0.3) is 0 Å². The van der Waals surface area contributed by atoms with Crippen LogP contribution in [0.3, 0.4) is 0 Å². The molecule has 4 nitrogen and oxygen atoms in total. The summed E-state index contributed by atoms with van der Waals surface area (Å²) in [5.41, 5.74) is 2.36. The number of aryl methyl sites for hydroxylation is 2. The molecule has 0 aliphatic heterocycles. The molecule has 0 bridgehead atoms. The zero-order chi connectivity index (χ0) is 14.5. The molecule has 2 aromatic rings. The largest absolute Gasteiger partial charge is 0.494 e. The lowest BCUT2D eigenvalue weighted by Crippen LogP contribution is -2.06. The molecule has 0 atom stereocenters. The van der Waals surface area contributed by atoms with Crippen molar-refractivity contribution in [3.63, 3.8) is 0 Å². The number of hydrogen-bond donors (Lipinski definition) is 1. The van der Waals surface area contributed by atoms with Gasteiger partial charge in [-0.15, -0.1) is 0 Å². The Labute approximate surface area is 118 Å². The minimum atomic E-state index is -0.878. The van der Waals surface area contributed by atoms with Gasteiger partial charge in [0, 0.05) is 18.4 Å².